The van der Waals surface area contributed by atoms with Crippen molar-refractivity contribution in [2.75, 3.05) is 7.11 Å². The van der Waals surface area contributed by atoms with Crippen LogP contribution >= 0.6 is 11.6 Å². The number of carboxylic acid groups (broad SMARTS) is 1. The lowest BCUT2D eigenvalue weighted by molar-refractivity contribution is -0.428. The molecule has 17 heavy (non-hydrogen) atoms. The first kappa shape index (κ1) is 13.8. The average molecular weight is 258 g/mol. The molecule has 4 nitrogen and oxygen atoms in total. The summed E-state index contributed by atoms with van der Waals surface area (Å²) in [5, 5.41) is 10.8. The van der Waals surface area contributed by atoms with E-state index in [1.54, 1.807) is 19.2 Å². The standard InChI is InChI=1S/C12H16ClNO3/c1-17-11-6-5-8(7-9(11)13)10(14)3-2-4-12(15)16/h5-7,10H,2-4,14H2,1H3,(H,15,16)/t10-/m1/s1. The van der Waals surface area contributed by atoms with Crippen LogP contribution in [0.1, 0.15) is 30.9 Å². The second-order valence-corrected chi connectivity index (χ2v) is 4.26. The predicted molar refractivity (Wildman–Crippen MR) is 62.5 cm³/mol. The van der Waals surface area contributed by atoms with Crippen molar-refractivity contribution in [1.29, 1.82) is 0 Å². The summed E-state index contributed by atoms with van der Waals surface area (Å²) in [5.74, 6) is -0.401. The van der Waals surface area contributed by atoms with E-state index in [2.05, 4.69) is 5.73 Å². The third kappa shape index (κ3) is 4.24. The second kappa shape index (κ2) is 6.47. The maximum Gasteiger partial charge on any atom is 0.137 e. The molecule has 0 aliphatic carbocycles. The Balaban J connectivity index is 2.59. The van der Waals surface area contributed by atoms with Crippen LogP contribution in [0.15, 0.2) is 18.2 Å². The molecule has 0 fully saturated rings. The van der Waals surface area contributed by atoms with Gasteiger partial charge in [-0.05, 0) is 31.0 Å². The number of hydrogen-bond donors (Lipinski definition) is 1. The summed E-state index contributed by atoms with van der Waals surface area (Å²) in [6.45, 7) is 0. The molecule has 0 heterocycles. The lowest BCUT2D eigenvalue weighted by Crippen LogP contribution is -2.53. The van der Waals surface area contributed by atoms with Gasteiger partial charge in [0.2, 0.25) is 0 Å². The molecule has 0 spiro atoms. The van der Waals surface area contributed by atoms with Crippen LogP contribution in [-0.4, -0.2) is 13.1 Å². The van der Waals surface area contributed by atoms with Crippen molar-refractivity contribution in [2.45, 2.75) is 25.3 Å². The number of hydrogen-bond acceptors (Lipinski definition) is 3. The van der Waals surface area contributed by atoms with Gasteiger partial charge in [0.1, 0.15) is 11.8 Å². The van der Waals surface area contributed by atoms with Crippen LogP contribution in [0, 0.1) is 0 Å². The van der Waals surface area contributed by atoms with Crippen molar-refractivity contribution < 1.29 is 20.4 Å². The van der Waals surface area contributed by atoms with Crippen LogP contribution in [0.2, 0.25) is 5.02 Å². The Labute approximate surface area is 105 Å². The van der Waals surface area contributed by atoms with Crippen molar-refractivity contribution in [3.8, 4) is 5.75 Å². The van der Waals surface area contributed by atoms with Gasteiger partial charge < -0.3 is 20.4 Å². The number of carbonyl (C=O) groups is 1. The van der Waals surface area contributed by atoms with E-state index in [1.807, 2.05) is 6.07 Å². The number of ether oxygens (including phenoxy) is 1. The molecule has 94 valence electrons. The van der Waals surface area contributed by atoms with E-state index in [0.29, 0.717) is 23.6 Å². The third-order valence-electron chi connectivity index (χ3n) is 2.58. The highest BCUT2D eigenvalue weighted by molar-refractivity contribution is 6.32. The highest BCUT2D eigenvalue weighted by Gasteiger charge is 2.11. The Kier molecular flexibility index (Phi) is 5.25. The minimum Gasteiger partial charge on any atom is -0.550 e. The maximum atomic E-state index is 10.3. The fourth-order valence-corrected chi connectivity index (χ4v) is 1.86. The minimum atomic E-state index is -1.02. The summed E-state index contributed by atoms with van der Waals surface area (Å²) in [6, 6.07) is 5.50. The van der Waals surface area contributed by atoms with E-state index in [9.17, 15) is 9.90 Å². The summed E-state index contributed by atoms with van der Waals surface area (Å²) in [6.07, 6.45) is 1.31. The number of rotatable bonds is 6. The van der Waals surface area contributed by atoms with Gasteiger partial charge in [-0.2, -0.15) is 0 Å². The van der Waals surface area contributed by atoms with Gasteiger partial charge >= 0.3 is 0 Å². The van der Waals surface area contributed by atoms with E-state index < -0.39 is 5.97 Å². The van der Waals surface area contributed by atoms with Crippen LogP contribution in [-0.2, 0) is 4.79 Å². The normalized spacial score (nSPS) is 12.2. The number of carboxylic acids is 1. The Morgan fingerprint density at radius 3 is 2.82 bits per heavy atom. The van der Waals surface area contributed by atoms with Gasteiger partial charge in [0.15, 0.2) is 0 Å². The molecule has 0 aliphatic rings. The number of carbonyl (C=O) groups excluding carboxylic acids is 1. The van der Waals surface area contributed by atoms with E-state index >= 15 is 0 Å². The van der Waals surface area contributed by atoms with E-state index in [-0.39, 0.29) is 12.5 Å². The van der Waals surface area contributed by atoms with E-state index in [1.165, 1.54) is 0 Å². The van der Waals surface area contributed by atoms with Crippen molar-refractivity contribution >= 4 is 17.6 Å². The van der Waals surface area contributed by atoms with E-state index in [0.717, 1.165) is 5.56 Å². The molecule has 5 heteroatoms. The average Bonchev–Trinajstić information content (AvgIpc) is 2.28. The number of benzene rings is 1. The zero-order chi connectivity index (χ0) is 12.8. The van der Waals surface area contributed by atoms with Gasteiger partial charge in [-0.3, -0.25) is 0 Å². The molecule has 1 atom stereocenters. The smallest absolute Gasteiger partial charge is 0.137 e. The SMILES string of the molecule is COc1ccc([C@H]([NH3+])CCCC(=O)[O-])cc1Cl. The monoisotopic (exact) mass is 257 g/mol. The van der Waals surface area contributed by atoms with Crippen LogP contribution < -0.4 is 15.6 Å². The molecule has 0 aromatic heterocycles. The van der Waals surface area contributed by atoms with Crippen molar-refractivity contribution in [1.82, 2.24) is 0 Å². The molecule has 0 unspecified atom stereocenters. The maximum absolute atomic E-state index is 10.3. The number of quaternary nitrogens is 1. The second-order valence-electron chi connectivity index (χ2n) is 3.86. The Morgan fingerprint density at radius 1 is 1.59 bits per heavy atom. The zero-order valence-electron chi connectivity index (χ0n) is 9.74. The fourth-order valence-electron chi connectivity index (χ4n) is 1.60. The molecule has 0 saturated carbocycles. The van der Waals surface area contributed by atoms with Gasteiger partial charge in [-0.25, -0.2) is 0 Å². The summed E-state index contributed by atoms with van der Waals surface area (Å²) in [5.41, 5.74) is 4.97. The lowest BCUT2D eigenvalue weighted by atomic mass is 10.0. The lowest BCUT2D eigenvalue weighted by Gasteiger charge is -2.11. The van der Waals surface area contributed by atoms with Gasteiger partial charge in [-0.15, -0.1) is 0 Å². The first-order chi connectivity index (χ1) is 8.04. The van der Waals surface area contributed by atoms with Gasteiger partial charge in [0.25, 0.3) is 0 Å². The predicted octanol–water partition coefficient (Wildman–Crippen LogP) is 0.552. The molecule has 1 rings (SSSR count). The van der Waals surface area contributed by atoms with Crippen LogP contribution in [0.25, 0.3) is 0 Å². The van der Waals surface area contributed by atoms with Gasteiger partial charge in [0.05, 0.1) is 12.1 Å². The molecule has 0 bridgehead atoms. The Morgan fingerprint density at radius 2 is 2.29 bits per heavy atom. The van der Waals surface area contributed by atoms with Gasteiger partial charge in [0, 0.05) is 18.0 Å². The highest BCUT2D eigenvalue weighted by atomic mass is 35.5. The quantitative estimate of drug-likeness (QED) is 0.809. The number of aliphatic carboxylic acids is 1. The summed E-state index contributed by atoms with van der Waals surface area (Å²) in [7, 11) is 1.56. The molecule has 0 radical (unpaired) electrons. The molecule has 0 aliphatic heterocycles. The molecular formula is C12H16ClNO3. The van der Waals surface area contributed by atoms with Crippen LogP contribution in [0.5, 0.6) is 5.75 Å². The highest BCUT2D eigenvalue weighted by Crippen LogP contribution is 2.27. The van der Waals surface area contributed by atoms with Crippen molar-refractivity contribution in [3.05, 3.63) is 28.8 Å². The number of halogens is 1. The molecule has 3 N–H and O–H groups in total. The largest absolute Gasteiger partial charge is 0.550 e. The summed E-state index contributed by atoms with van der Waals surface area (Å²) >= 11 is 6.00. The molecule has 0 saturated heterocycles. The summed E-state index contributed by atoms with van der Waals surface area (Å²) < 4.78 is 5.05. The first-order valence-corrected chi connectivity index (χ1v) is 5.78. The Bertz CT molecular complexity index is 395. The Hall–Kier alpha value is -1.26. The fraction of sp³-hybridized carbons (Fsp3) is 0.417. The molecular weight excluding hydrogens is 242 g/mol. The van der Waals surface area contributed by atoms with Crippen molar-refractivity contribution in [2.24, 2.45) is 0 Å². The topological polar surface area (TPSA) is 77.0 Å². The van der Waals surface area contributed by atoms with Crippen LogP contribution in [0.4, 0.5) is 0 Å². The summed E-state index contributed by atoms with van der Waals surface area (Å²) in [4.78, 5) is 10.3. The van der Waals surface area contributed by atoms with E-state index in [4.69, 9.17) is 16.3 Å². The molecule has 1 aromatic rings. The zero-order valence-corrected chi connectivity index (χ0v) is 10.5. The van der Waals surface area contributed by atoms with Crippen LogP contribution in [0.3, 0.4) is 0 Å². The molecule has 0 amide bonds. The number of methoxy groups -OCH3 is 1. The first-order valence-electron chi connectivity index (χ1n) is 5.41. The third-order valence-corrected chi connectivity index (χ3v) is 2.88. The van der Waals surface area contributed by atoms with Gasteiger partial charge in [-0.1, -0.05) is 11.6 Å². The molecule has 1 aromatic carbocycles. The van der Waals surface area contributed by atoms with Crippen molar-refractivity contribution in [3.63, 3.8) is 0 Å². The minimum absolute atomic E-state index is 0.0257.